The van der Waals surface area contributed by atoms with Crippen LogP contribution in [-0.4, -0.2) is 0 Å². The van der Waals surface area contributed by atoms with E-state index in [-0.39, 0.29) is 0 Å². The molecule has 0 fully saturated rings. The molecule has 0 saturated heterocycles. The van der Waals surface area contributed by atoms with E-state index in [0.717, 1.165) is 28.4 Å². The standard InChI is InChI=1S/C15H17ClN2S.C2H6/c1-3-12-7-9-13(10-8-12)17-19-18-14-6-4-5-11(2)15(14)16;1-2/h4-10,17-18H,3H2,1-2H3;1-2H3. The van der Waals surface area contributed by atoms with Gasteiger partial charge in [0.2, 0.25) is 0 Å². The summed E-state index contributed by atoms with van der Waals surface area (Å²) in [6.45, 7) is 8.15. The average Bonchev–Trinajstić information content (AvgIpc) is 2.54. The van der Waals surface area contributed by atoms with Gasteiger partial charge in [-0.25, -0.2) is 0 Å². The van der Waals surface area contributed by atoms with Crippen molar-refractivity contribution in [1.82, 2.24) is 0 Å². The molecule has 2 N–H and O–H groups in total. The molecule has 21 heavy (non-hydrogen) atoms. The summed E-state index contributed by atoms with van der Waals surface area (Å²) in [5.74, 6) is 0. The zero-order chi connectivity index (χ0) is 15.7. The maximum Gasteiger partial charge on any atom is 0.0675 e. The number of hydrogen-bond donors (Lipinski definition) is 2. The first-order chi connectivity index (χ1) is 10.2. The average molecular weight is 323 g/mol. The molecule has 0 unspecified atom stereocenters. The zero-order valence-corrected chi connectivity index (χ0v) is 14.6. The number of hydrogen-bond acceptors (Lipinski definition) is 3. The van der Waals surface area contributed by atoms with Crippen LogP contribution in [0.3, 0.4) is 0 Å². The number of nitrogens with one attached hydrogen (secondary N) is 2. The number of halogens is 1. The van der Waals surface area contributed by atoms with Crippen molar-refractivity contribution >= 4 is 35.1 Å². The lowest BCUT2D eigenvalue weighted by Crippen LogP contribution is -1.95. The minimum atomic E-state index is 0.762. The van der Waals surface area contributed by atoms with E-state index in [1.54, 1.807) is 0 Å². The maximum absolute atomic E-state index is 6.21. The fourth-order valence-electron chi connectivity index (χ4n) is 1.67. The van der Waals surface area contributed by atoms with Gasteiger partial charge in [-0.1, -0.05) is 56.6 Å². The van der Waals surface area contributed by atoms with E-state index in [0.29, 0.717) is 0 Å². The van der Waals surface area contributed by atoms with E-state index in [1.807, 2.05) is 39.0 Å². The Bertz CT molecular complexity index is 541. The van der Waals surface area contributed by atoms with Crippen molar-refractivity contribution in [2.45, 2.75) is 34.1 Å². The van der Waals surface area contributed by atoms with Gasteiger partial charge in [0.25, 0.3) is 0 Å². The van der Waals surface area contributed by atoms with Gasteiger partial charge in [0, 0.05) is 5.69 Å². The molecule has 0 spiro atoms. The van der Waals surface area contributed by atoms with Gasteiger partial charge in [-0.05, 0) is 42.7 Å². The van der Waals surface area contributed by atoms with Crippen LogP contribution < -0.4 is 9.44 Å². The first kappa shape index (κ1) is 17.7. The summed E-state index contributed by atoms with van der Waals surface area (Å²) < 4.78 is 6.44. The first-order valence-corrected chi connectivity index (χ1v) is 8.42. The highest BCUT2D eigenvalue weighted by Gasteiger charge is 2.02. The molecule has 0 heterocycles. The van der Waals surface area contributed by atoms with Gasteiger partial charge in [-0.3, -0.25) is 0 Å². The van der Waals surface area contributed by atoms with Crippen molar-refractivity contribution in [3.05, 3.63) is 58.6 Å². The van der Waals surface area contributed by atoms with E-state index in [9.17, 15) is 0 Å². The molecule has 0 aliphatic heterocycles. The Hall–Kier alpha value is -1.32. The quantitative estimate of drug-likeness (QED) is 0.629. The molecule has 0 aliphatic carbocycles. The van der Waals surface area contributed by atoms with Gasteiger partial charge in [0.05, 0.1) is 22.8 Å². The fourth-order valence-corrected chi connectivity index (χ4v) is 2.49. The minimum absolute atomic E-state index is 0.762. The molecule has 0 radical (unpaired) electrons. The predicted octanol–water partition coefficient (Wildman–Crippen LogP) is 6.32. The Morgan fingerprint density at radius 2 is 1.67 bits per heavy atom. The lowest BCUT2D eigenvalue weighted by Gasteiger charge is -2.10. The lowest BCUT2D eigenvalue weighted by molar-refractivity contribution is 1.14. The van der Waals surface area contributed by atoms with Crippen LogP contribution in [0, 0.1) is 6.92 Å². The Kier molecular flexibility index (Phi) is 8.09. The normalized spacial score (nSPS) is 9.57. The number of rotatable bonds is 5. The molecule has 0 aliphatic rings. The van der Waals surface area contributed by atoms with Crippen molar-refractivity contribution in [2.24, 2.45) is 0 Å². The highest BCUT2D eigenvalue weighted by Crippen LogP contribution is 2.27. The van der Waals surface area contributed by atoms with E-state index in [1.165, 1.54) is 17.7 Å². The van der Waals surface area contributed by atoms with Gasteiger partial charge in [0.15, 0.2) is 0 Å². The predicted molar refractivity (Wildman–Crippen MR) is 98.2 cm³/mol. The first-order valence-electron chi connectivity index (χ1n) is 7.22. The number of benzene rings is 2. The topological polar surface area (TPSA) is 24.1 Å². The molecule has 2 aromatic rings. The van der Waals surface area contributed by atoms with E-state index in [2.05, 4.69) is 40.6 Å². The van der Waals surface area contributed by atoms with Crippen LogP contribution >= 0.6 is 23.7 Å². The Morgan fingerprint density at radius 1 is 1.00 bits per heavy atom. The van der Waals surface area contributed by atoms with Crippen molar-refractivity contribution in [3.8, 4) is 0 Å². The van der Waals surface area contributed by atoms with Crippen LogP contribution in [0.1, 0.15) is 31.9 Å². The molecule has 4 heteroatoms. The molecule has 0 saturated carbocycles. The highest BCUT2D eigenvalue weighted by atomic mass is 35.5. The summed E-state index contributed by atoms with van der Waals surface area (Å²) in [6, 6.07) is 14.3. The van der Waals surface area contributed by atoms with Crippen LogP contribution in [-0.2, 0) is 6.42 Å². The Labute approximate surface area is 137 Å². The van der Waals surface area contributed by atoms with Crippen LogP contribution in [0.15, 0.2) is 42.5 Å². The van der Waals surface area contributed by atoms with Crippen molar-refractivity contribution in [2.75, 3.05) is 9.44 Å². The molecule has 0 aromatic heterocycles. The van der Waals surface area contributed by atoms with Gasteiger partial charge in [-0.15, -0.1) is 0 Å². The second-order valence-corrected chi connectivity index (χ2v) is 5.28. The molecule has 114 valence electrons. The SMILES string of the molecule is CC.CCc1ccc(NSNc2cccc(C)c2Cl)cc1. The van der Waals surface area contributed by atoms with Crippen molar-refractivity contribution in [3.63, 3.8) is 0 Å². The van der Waals surface area contributed by atoms with Gasteiger partial charge >= 0.3 is 0 Å². The number of anilines is 2. The minimum Gasteiger partial charge on any atom is -0.312 e. The third kappa shape index (κ3) is 5.52. The summed E-state index contributed by atoms with van der Waals surface area (Å²) in [7, 11) is 0. The summed E-state index contributed by atoms with van der Waals surface area (Å²) in [5.41, 5.74) is 4.40. The maximum atomic E-state index is 6.21. The highest BCUT2D eigenvalue weighted by molar-refractivity contribution is 8.01. The molecule has 2 nitrogen and oxygen atoms in total. The molecular weight excluding hydrogens is 300 g/mol. The Balaban J connectivity index is 0.00000106. The Morgan fingerprint density at radius 3 is 2.29 bits per heavy atom. The molecular formula is C17H23ClN2S. The smallest absolute Gasteiger partial charge is 0.0675 e. The van der Waals surface area contributed by atoms with Crippen molar-refractivity contribution < 1.29 is 0 Å². The monoisotopic (exact) mass is 322 g/mol. The van der Waals surface area contributed by atoms with E-state index in [4.69, 9.17) is 11.6 Å². The van der Waals surface area contributed by atoms with Crippen molar-refractivity contribution in [1.29, 1.82) is 0 Å². The van der Waals surface area contributed by atoms with E-state index >= 15 is 0 Å². The molecule has 2 rings (SSSR count). The third-order valence-electron chi connectivity index (χ3n) is 2.88. The zero-order valence-electron chi connectivity index (χ0n) is 13.0. The largest absolute Gasteiger partial charge is 0.312 e. The molecule has 2 aromatic carbocycles. The van der Waals surface area contributed by atoms with Crippen LogP contribution in [0.5, 0.6) is 0 Å². The van der Waals surface area contributed by atoms with Gasteiger partial charge in [0.1, 0.15) is 0 Å². The van der Waals surface area contributed by atoms with Gasteiger partial charge < -0.3 is 9.44 Å². The van der Waals surface area contributed by atoms with E-state index < -0.39 is 0 Å². The summed E-state index contributed by atoms with van der Waals surface area (Å²) >= 11 is 7.62. The molecule has 0 bridgehead atoms. The number of aryl methyl sites for hydroxylation is 2. The molecule has 0 atom stereocenters. The van der Waals surface area contributed by atoms with Crippen LogP contribution in [0.4, 0.5) is 11.4 Å². The van der Waals surface area contributed by atoms with Crippen LogP contribution in [0.2, 0.25) is 5.02 Å². The second kappa shape index (κ2) is 9.59. The van der Waals surface area contributed by atoms with Crippen LogP contribution in [0.25, 0.3) is 0 Å². The van der Waals surface area contributed by atoms with Gasteiger partial charge in [-0.2, -0.15) is 0 Å². The lowest BCUT2D eigenvalue weighted by atomic mass is 10.2. The second-order valence-electron chi connectivity index (χ2n) is 4.29. The molecule has 0 amide bonds. The fraction of sp³-hybridized carbons (Fsp3) is 0.294. The summed E-state index contributed by atoms with van der Waals surface area (Å²) in [5, 5.41) is 0.762. The summed E-state index contributed by atoms with van der Waals surface area (Å²) in [4.78, 5) is 0. The summed E-state index contributed by atoms with van der Waals surface area (Å²) in [6.07, 6.45) is 1.06. The third-order valence-corrected chi connectivity index (χ3v) is 4.05.